The van der Waals surface area contributed by atoms with E-state index in [0.717, 1.165) is 11.1 Å². The van der Waals surface area contributed by atoms with Gasteiger partial charge in [-0.1, -0.05) is 42.5 Å². The van der Waals surface area contributed by atoms with E-state index in [2.05, 4.69) is 10.4 Å². The predicted molar refractivity (Wildman–Crippen MR) is 111 cm³/mol. The van der Waals surface area contributed by atoms with Crippen LogP contribution in [-0.4, -0.2) is 34.8 Å². The first-order valence-corrected chi connectivity index (χ1v) is 9.70. The molecule has 0 aliphatic rings. The fourth-order valence-corrected chi connectivity index (χ4v) is 3.15. The number of nitrogens with one attached hydrogen (secondary N) is 1. The van der Waals surface area contributed by atoms with Gasteiger partial charge in [0.05, 0.1) is 17.9 Å². The van der Waals surface area contributed by atoms with Crippen molar-refractivity contribution in [3.63, 3.8) is 0 Å². The Morgan fingerprint density at radius 2 is 1.73 bits per heavy atom. The SMILES string of the molecule is Cc1nn(Cc2ccccc2)c(C)c1C(=O)OCC(=O)NCCc1ccc(F)cc1. The van der Waals surface area contributed by atoms with Crippen LogP contribution in [0.4, 0.5) is 4.39 Å². The van der Waals surface area contributed by atoms with E-state index in [9.17, 15) is 14.0 Å². The van der Waals surface area contributed by atoms with Crippen molar-refractivity contribution in [2.75, 3.05) is 13.2 Å². The van der Waals surface area contributed by atoms with Crippen molar-refractivity contribution < 1.29 is 18.7 Å². The monoisotopic (exact) mass is 409 g/mol. The van der Waals surface area contributed by atoms with Gasteiger partial charge in [0.15, 0.2) is 6.61 Å². The van der Waals surface area contributed by atoms with Crippen molar-refractivity contribution in [2.45, 2.75) is 26.8 Å². The summed E-state index contributed by atoms with van der Waals surface area (Å²) >= 11 is 0. The number of carbonyl (C=O) groups excluding carboxylic acids is 2. The van der Waals surface area contributed by atoms with Crippen molar-refractivity contribution in [3.8, 4) is 0 Å². The number of nitrogens with zero attached hydrogens (tertiary/aromatic N) is 2. The number of amides is 1. The van der Waals surface area contributed by atoms with Crippen LogP contribution in [0.3, 0.4) is 0 Å². The minimum atomic E-state index is -0.571. The number of hydrogen-bond donors (Lipinski definition) is 1. The van der Waals surface area contributed by atoms with E-state index in [1.54, 1.807) is 23.7 Å². The number of aromatic nitrogens is 2. The first-order valence-electron chi connectivity index (χ1n) is 9.70. The van der Waals surface area contributed by atoms with Crippen LogP contribution in [0.1, 0.15) is 32.9 Å². The Kier molecular flexibility index (Phi) is 6.95. The third-order valence-electron chi connectivity index (χ3n) is 4.74. The van der Waals surface area contributed by atoms with Crippen LogP contribution >= 0.6 is 0 Å². The van der Waals surface area contributed by atoms with Gasteiger partial charge in [0.25, 0.3) is 5.91 Å². The number of ether oxygens (including phenoxy) is 1. The van der Waals surface area contributed by atoms with E-state index in [1.165, 1.54) is 12.1 Å². The van der Waals surface area contributed by atoms with Crippen LogP contribution in [-0.2, 0) is 22.5 Å². The normalized spacial score (nSPS) is 10.6. The van der Waals surface area contributed by atoms with Gasteiger partial charge >= 0.3 is 5.97 Å². The van der Waals surface area contributed by atoms with Gasteiger partial charge in [-0.05, 0) is 43.5 Å². The van der Waals surface area contributed by atoms with Gasteiger partial charge in [0, 0.05) is 6.54 Å². The van der Waals surface area contributed by atoms with Crippen molar-refractivity contribution in [1.29, 1.82) is 0 Å². The molecule has 0 bridgehead atoms. The molecule has 2 aromatic carbocycles. The van der Waals surface area contributed by atoms with Crippen LogP contribution in [0.2, 0.25) is 0 Å². The van der Waals surface area contributed by atoms with Crippen molar-refractivity contribution in [3.05, 3.63) is 88.5 Å². The number of hydrogen-bond acceptors (Lipinski definition) is 4. The van der Waals surface area contributed by atoms with E-state index >= 15 is 0 Å². The second-order valence-corrected chi connectivity index (χ2v) is 6.99. The van der Waals surface area contributed by atoms with E-state index in [-0.39, 0.29) is 12.4 Å². The third-order valence-corrected chi connectivity index (χ3v) is 4.74. The van der Waals surface area contributed by atoms with Gasteiger partial charge in [-0.25, -0.2) is 9.18 Å². The molecule has 0 atom stereocenters. The van der Waals surface area contributed by atoms with Crippen LogP contribution in [0.25, 0.3) is 0 Å². The van der Waals surface area contributed by atoms with Crippen LogP contribution in [0, 0.1) is 19.7 Å². The molecule has 1 aromatic heterocycles. The zero-order valence-electron chi connectivity index (χ0n) is 17.0. The summed E-state index contributed by atoms with van der Waals surface area (Å²) in [6.07, 6.45) is 0.560. The molecule has 156 valence electrons. The number of benzene rings is 2. The van der Waals surface area contributed by atoms with Crippen LogP contribution in [0.15, 0.2) is 54.6 Å². The number of rotatable bonds is 8. The maximum Gasteiger partial charge on any atom is 0.342 e. The molecule has 1 amide bonds. The average molecular weight is 409 g/mol. The summed E-state index contributed by atoms with van der Waals surface area (Å²) in [5.41, 5.74) is 3.61. The summed E-state index contributed by atoms with van der Waals surface area (Å²) in [4.78, 5) is 24.5. The molecule has 0 unspecified atom stereocenters. The zero-order valence-corrected chi connectivity index (χ0v) is 17.0. The Morgan fingerprint density at radius 3 is 2.43 bits per heavy atom. The summed E-state index contributed by atoms with van der Waals surface area (Å²) in [5, 5.41) is 7.12. The summed E-state index contributed by atoms with van der Waals surface area (Å²) in [7, 11) is 0. The molecular weight excluding hydrogens is 385 g/mol. The molecule has 0 saturated heterocycles. The Hall–Kier alpha value is -3.48. The lowest BCUT2D eigenvalue weighted by Gasteiger charge is -2.08. The minimum Gasteiger partial charge on any atom is -0.452 e. The van der Waals surface area contributed by atoms with E-state index in [4.69, 9.17) is 4.74 Å². The lowest BCUT2D eigenvalue weighted by atomic mass is 10.1. The molecule has 30 heavy (non-hydrogen) atoms. The molecule has 0 spiro atoms. The summed E-state index contributed by atoms with van der Waals surface area (Å²) in [6.45, 7) is 4.10. The number of halogens is 1. The number of aryl methyl sites for hydroxylation is 1. The van der Waals surface area contributed by atoms with Crippen molar-refractivity contribution in [2.24, 2.45) is 0 Å². The molecule has 6 nitrogen and oxygen atoms in total. The van der Waals surface area contributed by atoms with Gasteiger partial charge in [-0.2, -0.15) is 5.10 Å². The standard InChI is InChI=1S/C23H24FN3O3/c1-16-22(17(2)27(26-16)14-19-6-4-3-5-7-19)23(29)30-15-21(28)25-13-12-18-8-10-20(24)11-9-18/h3-11H,12-15H2,1-2H3,(H,25,28). The highest BCUT2D eigenvalue weighted by molar-refractivity contribution is 5.93. The Morgan fingerprint density at radius 1 is 1.03 bits per heavy atom. The fourth-order valence-electron chi connectivity index (χ4n) is 3.15. The molecule has 3 rings (SSSR count). The Bertz CT molecular complexity index is 1010. The summed E-state index contributed by atoms with van der Waals surface area (Å²) in [6, 6.07) is 15.9. The second-order valence-electron chi connectivity index (χ2n) is 6.99. The third kappa shape index (κ3) is 5.53. The molecule has 1 N–H and O–H groups in total. The van der Waals surface area contributed by atoms with E-state index < -0.39 is 11.9 Å². The van der Waals surface area contributed by atoms with E-state index in [1.807, 2.05) is 37.3 Å². The Labute approximate surface area is 174 Å². The van der Waals surface area contributed by atoms with Gasteiger partial charge in [0.2, 0.25) is 0 Å². The molecule has 0 aliphatic heterocycles. The molecule has 0 fully saturated rings. The molecular formula is C23H24FN3O3. The molecule has 0 saturated carbocycles. The highest BCUT2D eigenvalue weighted by Crippen LogP contribution is 2.16. The maximum absolute atomic E-state index is 12.9. The van der Waals surface area contributed by atoms with Gasteiger partial charge in [-0.3, -0.25) is 9.48 Å². The Balaban J connectivity index is 1.50. The molecule has 1 heterocycles. The molecule has 0 aliphatic carbocycles. The summed E-state index contributed by atoms with van der Waals surface area (Å²) in [5.74, 6) is -1.26. The van der Waals surface area contributed by atoms with Crippen LogP contribution < -0.4 is 5.32 Å². The average Bonchev–Trinajstić information content (AvgIpc) is 3.01. The lowest BCUT2D eigenvalue weighted by Crippen LogP contribution is -2.30. The molecule has 7 heteroatoms. The molecule has 0 radical (unpaired) electrons. The predicted octanol–water partition coefficient (Wildman–Crippen LogP) is 3.20. The number of esters is 1. The largest absolute Gasteiger partial charge is 0.452 e. The quantitative estimate of drug-likeness (QED) is 0.580. The van der Waals surface area contributed by atoms with Crippen LogP contribution in [0.5, 0.6) is 0 Å². The van der Waals surface area contributed by atoms with Crippen molar-refractivity contribution >= 4 is 11.9 Å². The topological polar surface area (TPSA) is 73.2 Å². The van der Waals surface area contributed by atoms with Gasteiger partial charge in [0.1, 0.15) is 11.4 Å². The second kappa shape index (κ2) is 9.82. The highest BCUT2D eigenvalue weighted by atomic mass is 19.1. The fraction of sp³-hybridized carbons (Fsp3) is 0.261. The maximum atomic E-state index is 12.9. The smallest absolute Gasteiger partial charge is 0.342 e. The minimum absolute atomic E-state index is 0.299. The lowest BCUT2D eigenvalue weighted by molar-refractivity contribution is -0.124. The summed E-state index contributed by atoms with van der Waals surface area (Å²) < 4.78 is 19.8. The first-order chi connectivity index (χ1) is 14.4. The van der Waals surface area contributed by atoms with Crippen molar-refractivity contribution in [1.82, 2.24) is 15.1 Å². The first kappa shape index (κ1) is 21.2. The molecule has 3 aromatic rings. The van der Waals surface area contributed by atoms with E-state index in [0.29, 0.717) is 36.5 Å². The zero-order chi connectivity index (χ0) is 21.5. The van der Waals surface area contributed by atoms with Gasteiger partial charge < -0.3 is 10.1 Å². The highest BCUT2D eigenvalue weighted by Gasteiger charge is 2.21. The van der Waals surface area contributed by atoms with Gasteiger partial charge in [-0.15, -0.1) is 0 Å². The number of carbonyl (C=O) groups is 2.